The molecule has 5 rings (SSSR count). The van der Waals surface area contributed by atoms with Crippen LogP contribution in [0.1, 0.15) is 24.8 Å². The lowest BCUT2D eigenvalue weighted by atomic mass is 10.2. The summed E-state index contributed by atoms with van der Waals surface area (Å²) < 4.78 is 16.1. The van der Waals surface area contributed by atoms with Gasteiger partial charge in [0, 0.05) is 24.5 Å². The first-order valence-corrected chi connectivity index (χ1v) is 9.00. The van der Waals surface area contributed by atoms with Crippen molar-refractivity contribution >= 4 is 11.7 Å². The summed E-state index contributed by atoms with van der Waals surface area (Å²) in [5, 5.41) is 6.91. The highest BCUT2D eigenvalue weighted by Crippen LogP contribution is 2.35. The third kappa shape index (κ3) is 3.00. The van der Waals surface area contributed by atoms with Crippen molar-refractivity contribution in [2.75, 3.05) is 18.7 Å². The van der Waals surface area contributed by atoms with Crippen LogP contribution in [0.25, 0.3) is 11.5 Å². The van der Waals surface area contributed by atoms with Gasteiger partial charge in [-0.25, -0.2) is 4.79 Å². The van der Waals surface area contributed by atoms with Crippen LogP contribution in [0.15, 0.2) is 47.1 Å². The quantitative estimate of drug-likeness (QED) is 0.745. The molecule has 9 heteroatoms. The van der Waals surface area contributed by atoms with Crippen molar-refractivity contribution in [3.05, 3.63) is 48.5 Å². The molecule has 0 radical (unpaired) electrons. The van der Waals surface area contributed by atoms with E-state index in [1.165, 1.54) is 0 Å². The zero-order valence-electron chi connectivity index (χ0n) is 14.9. The number of nitrogens with one attached hydrogen (secondary N) is 1. The molecular formula is C19H17N5O4. The van der Waals surface area contributed by atoms with E-state index in [4.69, 9.17) is 14.0 Å². The molecule has 1 fully saturated rings. The second-order valence-corrected chi connectivity index (χ2v) is 6.52. The lowest BCUT2D eigenvalue weighted by Crippen LogP contribution is -2.34. The number of hydrogen-bond donors (Lipinski definition) is 1. The molecule has 0 bridgehead atoms. The van der Waals surface area contributed by atoms with Crippen LogP contribution in [0.3, 0.4) is 0 Å². The van der Waals surface area contributed by atoms with E-state index >= 15 is 0 Å². The molecule has 0 aliphatic carbocycles. The monoisotopic (exact) mass is 379 g/mol. The number of likely N-dealkylation sites (tertiary alicyclic amines) is 1. The Balaban J connectivity index is 1.33. The number of aromatic nitrogens is 3. The molecule has 2 amide bonds. The highest BCUT2D eigenvalue weighted by Gasteiger charge is 2.34. The predicted octanol–water partition coefficient (Wildman–Crippen LogP) is 3.23. The first-order valence-electron chi connectivity index (χ1n) is 9.00. The number of ether oxygens (including phenoxy) is 2. The number of fused-ring (bicyclic) bond motifs is 1. The minimum Gasteiger partial charge on any atom is -0.454 e. The van der Waals surface area contributed by atoms with Crippen molar-refractivity contribution in [2.45, 2.75) is 18.9 Å². The topological polar surface area (TPSA) is 103 Å². The Morgan fingerprint density at radius 2 is 2.11 bits per heavy atom. The lowest BCUT2D eigenvalue weighted by Gasteiger charge is -2.22. The summed E-state index contributed by atoms with van der Waals surface area (Å²) in [6.07, 6.45) is 3.30. The average molecular weight is 379 g/mol. The van der Waals surface area contributed by atoms with Crippen LogP contribution in [-0.4, -0.2) is 39.4 Å². The van der Waals surface area contributed by atoms with Crippen molar-refractivity contribution in [1.29, 1.82) is 0 Å². The molecular weight excluding hydrogens is 362 g/mol. The third-order valence-electron chi connectivity index (χ3n) is 4.76. The van der Waals surface area contributed by atoms with Gasteiger partial charge in [0.15, 0.2) is 11.5 Å². The maximum absolute atomic E-state index is 12.8. The van der Waals surface area contributed by atoms with Gasteiger partial charge in [-0.05, 0) is 37.1 Å². The van der Waals surface area contributed by atoms with Gasteiger partial charge < -0.3 is 24.2 Å². The fourth-order valence-electron chi connectivity index (χ4n) is 3.41. The summed E-state index contributed by atoms with van der Waals surface area (Å²) in [7, 11) is 0. The minimum absolute atomic E-state index is 0.191. The van der Waals surface area contributed by atoms with E-state index in [1.807, 2.05) is 18.2 Å². The summed E-state index contributed by atoms with van der Waals surface area (Å²) in [4.78, 5) is 23.2. The van der Waals surface area contributed by atoms with E-state index in [-0.39, 0.29) is 18.9 Å². The summed E-state index contributed by atoms with van der Waals surface area (Å²) in [6, 6.07) is 10.3. The number of hydrogen-bond acceptors (Lipinski definition) is 7. The Morgan fingerprint density at radius 3 is 3.00 bits per heavy atom. The lowest BCUT2D eigenvalue weighted by molar-refractivity contribution is 0.174. The van der Waals surface area contributed by atoms with Gasteiger partial charge in [-0.3, -0.25) is 4.98 Å². The molecule has 142 valence electrons. The number of nitrogens with zero attached hydrogens (tertiary/aromatic N) is 4. The largest absolute Gasteiger partial charge is 0.454 e. The normalized spacial score (nSPS) is 17.7. The molecule has 0 spiro atoms. The fraction of sp³-hybridized carbons (Fsp3) is 0.263. The second-order valence-electron chi connectivity index (χ2n) is 6.52. The molecule has 2 aromatic heterocycles. The second kappa shape index (κ2) is 6.84. The van der Waals surface area contributed by atoms with Crippen LogP contribution in [0.4, 0.5) is 10.5 Å². The molecule has 1 saturated heterocycles. The Bertz CT molecular complexity index is 1010. The SMILES string of the molecule is O=C(Nc1ccc2c(c1)OCO2)N1CCCC1c1nc(-c2ccccn2)no1. The maximum atomic E-state index is 12.8. The Kier molecular flexibility index (Phi) is 4.04. The summed E-state index contributed by atoms with van der Waals surface area (Å²) in [5.41, 5.74) is 1.27. The fourth-order valence-corrected chi connectivity index (χ4v) is 3.41. The number of anilines is 1. The van der Waals surface area contributed by atoms with Crippen LogP contribution < -0.4 is 14.8 Å². The molecule has 3 aromatic rings. The van der Waals surface area contributed by atoms with Crippen LogP contribution in [0, 0.1) is 0 Å². The van der Waals surface area contributed by atoms with E-state index in [1.54, 1.807) is 29.3 Å². The molecule has 1 aromatic carbocycles. The van der Waals surface area contributed by atoms with Gasteiger partial charge in [-0.1, -0.05) is 11.2 Å². The predicted molar refractivity (Wildman–Crippen MR) is 97.8 cm³/mol. The smallest absolute Gasteiger partial charge is 0.322 e. The Labute approximate surface area is 160 Å². The van der Waals surface area contributed by atoms with E-state index in [2.05, 4.69) is 20.4 Å². The van der Waals surface area contributed by atoms with Gasteiger partial charge in [0.05, 0.1) is 0 Å². The Morgan fingerprint density at radius 1 is 1.18 bits per heavy atom. The first kappa shape index (κ1) is 16.5. The molecule has 0 saturated carbocycles. The molecule has 28 heavy (non-hydrogen) atoms. The Hall–Kier alpha value is -3.62. The molecule has 1 atom stereocenters. The number of carbonyl (C=O) groups is 1. The van der Waals surface area contributed by atoms with Gasteiger partial charge in [-0.2, -0.15) is 4.98 Å². The third-order valence-corrected chi connectivity index (χ3v) is 4.76. The zero-order chi connectivity index (χ0) is 18.9. The van der Waals surface area contributed by atoms with E-state index in [0.717, 1.165) is 12.8 Å². The minimum atomic E-state index is -0.265. The van der Waals surface area contributed by atoms with E-state index in [9.17, 15) is 4.79 Å². The van der Waals surface area contributed by atoms with Gasteiger partial charge in [0.2, 0.25) is 18.5 Å². The summed E-state index contributed by atoms with van der Waals surface area (Å²) in [5.74, 6) is 2.12. The molecule has 2 aliphatic heterocycles. The van der Waals surface area contributed by atoms with Gasteiger partial charge in [-0.15, -0.1) is 0 Å². The van der Waals surface area contributed by atoms with Crippen molar-refractivity contribution in [1.82, 2.24) is 20.0 Å². The highest BCUT2D eigenvalue weighted by molar-refractivity contribution is 5.90. The summed E-state index contributed by atoms with van der Waals surface area (Å²) >= 11 is 0. The number of pyridine rings is 1. The zero-order valence-corrected chi connectivity index (χ0v) is 14.9. The highest BCUT2D eigenvalue weighted by atomic mass is 16.7. The summed E-state index contributed by atoms with van der Waals surface area (Å²) in [6.45, 7) is 0.805. The van der Waals surface area contributed by atoms with E-state index in [0.29, 0.717) is 41.1 Å². The van der Waals surface area contributed by atoms with Crippen molar-refractivity contribution in [2.24, 2.45) is 0 Å². The maximum Gasteiger partial charge on any atom is 0.322 e. The molecule has 2 aliphatic rings. The van der Waals surface area contributed by atoms with Gasteiger partial charge in [0.25, 0.3) is 0 Å². The first-order chi connectivity index (χ1) is 13.8. The molecule has 1 N–H and O–H groups in total. The van der Waals surface area contributed by atoms with Crippen LogP contribution in [0.5, 0.6) is 11.5 Å². The molecule has 4 heterocycles. The number of carbonyl (C=O) groups excluding carboxylic acids is 1. The number of amides is 2. The molecule has 9 nitrogen and oxygen atoms in total. The van der Waals surface area contributed by atoms with Crippen molar-refractivity contribution in [3.63, 3.8) is 0 Å². The number of urea groups is 1. The van der Waals surface area contributed by atoms with Crippen molar-refractivity contribution in [3.8, 4) is 23.0 Å². The van der Waals surface area contributed by atoms with Gasteiger partial charge in [0.1, 0.15) is 11.7 Å². The number of benzene rings is 1. The van der Waals surface area contributed by atoms with Crippen molar-refractivity contribution < 1.29 is 18.8 Å². The standard InChI is InChI=1S/C19H17N5O4/c25-19(21-12-6-7-15-16(10-12)27-11-26-15)24-9-3-5-14(24)18-22-17(23-28-18)13-4-1-2-8-20-13/h1-2,4,6-8,10,14H,3,5,9,11H2,(H,21,25). The number of rotatable bonds is 3. The molecule has 1 unspecified atom stereocenters. The van der Waals surface area contributed by atoms with E-state index < -0.39 is 0 Å². The van der Waals surface area contributed by atoms with Gasteiger partial charge >= 0.3 is 6.03 Å². The van der Waals surface area contributed by atoms with Crippen LogP contribution in [0.2, 0.25) is 0 Å². The van der Waals surface area contributed by atoms with Crippen LogP contribution >= 0.6 is 0 Å². The van der Waals surface area contributed by atoms with Crippen LogP contribution in [-0.2, 0) is 0 Å². The average Bonchev–Trinajstić information content (AvgIpc) is 3.47.